The Labute approximate surface area is 166 Å². The van der Waals surface area contributed by atoms with Crippen molar-refractivity contribution in [1.29, 1.82) is 0 Å². The third kappa shape index (κ3) is 6.41. The zero-order valence-corrected chi connectivity index (χ0v) is 16.9. The lowest BCUT2D eigenvalue weighted by Gasteiger charge is -2.27. The molecule has 1 fully saturated rings. The van der Waals surface area contributed by atoms with E-state index in [4.69, 9.17) is 16.3 Å². The van der Waals surface area contributed by atoms with Crippen LogP contribution in [0.25, 0.3) is 0 Å². The molecule has 7 nitrogen and oxygen atoms in total. The fraction of sp³-hybridized carbons (Fsp3) is 0.588. The van der Waals surface area contributed by atoms with E-state index in [0.717, 1.165) is 12.8 Å². The van der Waals surface area contributed by atoms with E-state index in [1.54, 1.807) is 12.1 Å². The van der Waals surface area contributed by atoms with Gasteiger partial charge in [-0.3, -0.25) is 4.79 Å². The standard InChI is InChI=1S/C17H23BrClN3O4/c1-2-3-6-26-17(25)22(9-12-4-5-16(24)20-12)10-13(23)11-7-14(18)21-15(19)8-11/h7-8,12-13,23H,2-6,9-10H2,1H3,(H,20,24)/t12-,13?/m1/s1. The van der Waals surface area contributed by atoms with Gasteiger partial charge in [0, 0.05) is 19.0 Å². The summed E-state index contributed by atoms with van der Waals surface area (Å²) in [5.41, 5.74) is 0.540. The van der Waals surface area contributed by atoms with Crippen molar-refractivity contribution >= 4 is 39.5 Å². The topological polar surface area (TPSA) is 91.8 Å². The number of carbonyl (C=O) groups is 2. The molecular formula is C17H23BrClN3O4. The third-order valence-corrected chi connectivity index (χ3v) is 4.67. The van der Waals surface area contributed by atoms with Crippen LogP contribution in [-0.4, -0.2) is 52.7 Å². The number of halogens is 2. The first-order valence-corrected chi connectivity index (χ1v) is 9.78. The highest BCUT2D eigenvalue weighted by molar-refractivity contribution is 9.10. The van der Waals surface area contributed by atoms with Gasteiger partial charge in [-0.15, -0.1) is 0 Å². The quantitative estimate of drug-likeness (QED) is 0.471. The van der Waals surface area contributed by atoms with E-state index < -0.39 is 12.2 Å². The summed E-state index contributed by atoms with van der Waals surface area (Å²) in [5.74, 6) is -0.0281. The van der Waals surface area contributed by atoms with Crippen molar-refractivity contribution in [2.24, 2.45) is 0 Å². The van der Waals surface area contributed by atoms with E-state index in [9.17, 15) is 14.7 Å². The average molecular weight is 449 g/mol. The van der Waals surface area contributed by atoms with Gasteiger partial charge in [0.05, 0.1) is 19.3 Å². The molecule has 2 rings (SSSR count). The van der Waals surface area contributed by atoms with Crippen molar-refractivity contribution in [2.75, 3.05) is 19.7 Å². The van der Waals surface area contributed by atoms with Crippen LogP contribution < -0.4 is 5.32 Å². The number of nitrogens with one attached hydrogen (secondary N) is 1. The molecule has 9 heteroatoms. The molecule has 2 heterocycles. The highest BCUT2D eigenvalue weighted by Gasteiger charge is 2.28. The minimum atomic E-state index is -0.956. The zero-order chi connectivity index (χ0) is 19.1. The Balaban J connectivity index is 2.05. The van der Waals surface area contributed by atoms with E-state index in [-0.39, 0.29) is 30.2 Å². The second kappa shape index (κ2) is 10.1. The Kier molecular flexibility index (Phi) is 8.12. The number of pyridine rings is 1. The molecule has 0 aromatic carbocycles. The summed E-state index contributed by atoms with van der Waals surface area (Å²) in [6, 6.07) is 3.06. The minimum absolute atomic E-state index is 0.0281. The van der Waals surface area contributed by atoms with Crippen LogP contribution in [0.2, 0.25) is 5.15 Å². The maximum Gasteiger partial charge on any atom is 0.409 e. The molecule has 2 amide bonds. The second-order valence-corrected chi connectivity index (χ2v) is 7.44. The van der Waals surface area contributed by atoms with Gasteiger partial charge in [-0.2, -0.15) is 0 Å². The Bertz CT molecular complexity index is 626. The number of amides is 2. The summed E-state index contributed by atoms with van der Waals surface area (Å²) in [6.07, 6.45) is 1.33. The molecule has 1 aliphatic rings. The van der Waals surface area contributed by atoms with Crippen molar-refractivity contribution < 1.29 is 19.4 Å². The molecule has 0 radical (unpaired) electrons. The highest BCUT2D eigenvalue weighted by Crippen LogP contribution is 2.22. The summed E-state index contributed by atoms with van der Waals surface area (Å²) >= 11 is 9.16. The Hall–Kier alpha value is -1.38. The van der Waals surface area contributed by atoms with Gasteiger partial charge in [0.25, 0.3) is 0 Å². The molecule has 144 valence electrons. The fourth-order valence-electron chi connectivity index (χ4n) is 2.69. The van der Waals surface area contributed by atoms with Gasteiger partial charge in [0.2, 0.25) is 5.91 Å². The summed E-state index contributed by atoms with van der Waals surface area (Å²) in [5, 5.41) is 13.6. The molecule has 26 heavy (non-hydrogen) atoms. The molecule has 1 unspecified atom stereocenters. The summed E-state index contributed by atoms with van der Waals surface area (Å²) in [7, 11) is 0. The fourth-order valence-corrected chi connectivity index (χ4v) is 3.46. The number of ether oxygens (including phenoxy) is 1. The second-order valence-electron chi connectivity index (χ2n) is 6.24. The maximum atomic E-state index is 12.4. The van der Waals surface area contributed by atoms with Crippen LogP contribution in [0.3, 0.4) is 0 Å². The van der Waals surface area contributed by atoms with Crippen molar-refractivity contribution in [1.82, 2.24) is 15.2 Å². The third-order valence-electron chi connectivity index (χ3n) is 4.07. The molecule has 0 spiro atoms. The van der Waals surface area contributed by atoms with Gasteiger partial charge >= 0.3 is 6.09 Å². The van der Waals surface area contributed by atoms with Gasteiger partial charge in [0.15, 0.2) is 0 Å². The predicted octanol–water partition coefficient (Wildman–Crippen LogP) is 3.05. The SMILES string of the molecule is CCCCOC(=O)N(CC(O)c1cc(Cl)nc(Br)c1)C[C@H]1CCC(=O)N1. The number of aliphatic hydroxyl groups excluding tert-OH is 1. The number of unbranched alkanes of at least 4 members (excludes halogenated alkanes) is 1. The Morgan fingerprint density at radius 2 is 2.35 bits per heavy atom. The molecule has 0 aliphatic carbocycles. The maximum absolute atomic E-state index is 12.4. The van der Waals surface area contributed by atoms with Crippen LogP contribution >= 0.6 is 27.5 Å². The molecule has 1 aromatic rings. The van der Waals surface area contributed by atoms with Crippen LogP contribution in [-0.2, 0) is 9.53 Å². The first kappa shape index (κ1) is 20.9. The van der Waals surface area contributed by atoms with Crippen molar-refractivity contribution in [3.63, 3.8) is 0 Å². The lowest BCUT2D eigenvalue weighted by molar-refractivity contribution is -0.119. The minimum Gasteiger partial charge on any atom is -0.449 e. The number of nitrogens with zero attached hydrogens (tertiary/aromatic N) is 2. The first-order chi connectivity index (χ1) is 12.4. The number of hydrogen-bond donors (Lipinski definition) is 2. The number of aromatic nitrogens is 1. The molecule has 1 aromatic heterocycles. The molecular weight excluding hydrogens is 426 g/mol. The molecule has 1 saturated heterocycles. The van der Waals surface area contributed by atoms with Gasteiger partial charge in [-0.25, -0.2) is 9.78 Å². The summed E-state index contributed by atoms with van der Waals surface area (Å²) < 4.78 is 5.78. The predicted molar refractivity (Wildman–Crippen MR) is 101 cm³/mol. The van der Waals surface area contributed by atoms with Crippen LogP contribution in [0, 0.1) is 0 Å². The normalized spacial score (nSPS) is 17.7. The largest absolute Gasteiger partial charge is 0.449 e. The highest BCUT2D eigenvalue weighted by atomic mass is 79.9. The number of aliphatic hydroxyl groups is 1. The lowest BCUT2D eigenvalue weighted by atomic mass is 10.1. The first-order valence-electron chi connectivity index (χ1n) is 8.61. The van der Waals surface area contributed by atoms with E-state index in [0.29, 0.717) is 29.6 Å². The van der Waals surface area contributed by atoms with E-state index >= 15 is 0 Å². The summed E-state index contributed by atoms with van der Waals surface area (Å²) in [6.45, 7) is 2.65. The van der Waals surface area contributed by atoms with E-state index in [2.05, 4.69) is 26.2 Å². The molecule has 2 atom stereocenters. The summed E-state index contributed by atoms with van der Waals surface area (Å²) in [4.78, 5) is 29.3. The zero-order valence-electron chi connectivity index (χ0n) is 14.6. The Morgan fingerprint density at radius 1 is 1.58 bits per heavy atom. The number of rotatable bonds is 8. The van der Waals surface area contributed by atoms with Crippen LogP contribution in [0.15, 0.2) is 16.7 Å². The van der Waals surface area contributed by atoms with Gasteiger partial charge in [-0.1, -0.05) is 24.9 Å². The van der Waals surface area contributed by atoms with Gasteiger partial charge in [0.1, 0.15) is 9.76 Å². The van der Waals surface area contributed by atoms with Gasteiger partial charge < -0.3 is 20.1 Å². The molecule has 0 saturated carbocycles. The number of hydrogen-bond acceptors (Lipinski definition) is 5. The molecule has 1 aliphatic heterocycles. The average Bonchev–Trinajstić information content (AvgIpc) is 2.98. The van der Waals surface area contributed by atoms with Crippen molar-refractivity contribution in [2.45, 2.75) is 44.8 Å². The van der Waals surface area contributed by atoms with E-state index in [1.807, 2.05) is 6.92 Å². The van der Waals surface area contributed by atoms with Crippen LogP contribution in [0.4, 0.5) is 4.79 Å². The Morgan fingerprint density at radius 3 is 2.96 bits per heavy atom. The lowest BCUT2D eigenvalue weighted by Crippen LogP contribution is -2.44. The van der Waals surface area contributed by atoms with Gasteiger partial charge in [-0.05, 0) is 46.5 Å². The van der Waals surface area contributed by atoms with Crippen molar-refractivity contribution in [3.05, 3.63) is 27.5 Å². The monoisotopic (exact) mass is 447 g/mol. The molecule has 2 N–H and O–H groups in total. The van der Waals surface area contributed by atoms with Crippen LogP contribution in [0.1, 0.15) is 44.3 Å². The van der Waals surface area contributed by atoms with Crippen LogP contribution in [0.5, 0.6) is 0 Å². The smallest absolute Gasteiger partial charge is 0.409 e. The van der Waals surface area contributed by atoms with Crippen molar-refractivity contribution in [3.8, 4) is 0 Å². The van der Waals surface area contributed by atoms with E-state index in [1.165, 1.54) is 4.90 Å². The number of carbonyl (C=O) groups excluding carboxylic acids is 2. The molecule has 0 bridgehead atoms.